The van der Waals surface area contributed by atoms with Gasteiger partial charge in [-0.15, -0.1) is 0 Å². The fourth-order valence-electron chi connectivity index (χ4n) is 2.63. The van der Waals surface area contributed by atoms with Gasteiger partial charge >= 0.3 is 0 Å². The summed E-state index contributed by atoms with van der Waals surface area (Å²) in [5.41, 5.74) is 1.39. The fraction of sp³-hybridized carbons (Fsp3) is 0.150. The van der Waals surface area contributed by atoms with Crippen molar-refractivity contribution in [2.24, 2.45) is 0 Å². The second-order valence-electron chi connectivity index (χ2n) is 5.91. The zero-order valence-corrected chi connectivity index (χ0v) is 18.8. The number of benzene rings is 2. The van der Waals surface area contributed by atoms with E-state index in [-0.39, 0.29) is 18.4 Å². The summed E-state index contributed by atoms with van der Waals surface area (Å²) in [6.07, 6.45) is 1.72. The maximum absolute atomic E-state index is 12.8. The van der Waals surface area contributed by atoms with E-state index in [9.17, 15) is 9.59 Å². The summed E-state index contributed by atoms with van der Waals surface area (Å²) in [5.74, 6) is 0.517. The van der Waals surface area contributed by atoms with Crippen molar-refractivity contribution in [2.75, 3.05) is 26.1 Å². The molecule has 0 unspecified atom stereocenters. The van der Waals surface area contributed by atoms with Crippen molar-refractivity contribution in [1.82, 2.24) is 4.90 Å². The first-order valence-electron chi connectivity index (χ1n) is 8.44. The van der Waals surface area contributed by atoms with Crippen LogP contribution in [0.2, 0.25) is 0 Å². The maximum Gasteiger partial charge on any atom is 0.266 e. The van der Waals surface area contributed by atoms with Crippen LogP contribution in [0.3, 0.4) is 0 Å². The van der Waals surface area contributed by atoms with Crippen LogP contribution in [0.15, 0.2) is 51.8 Å². The fourth-order valence-corrected chi connectivity index (χ4v) is 4.27. The lowest BCUT2D eigenvalue weighted by Crippen LogP contribution is -2.36. The van der Waals surface area contributed by atoms with Crippen LogP contribution in [0.1, 0.15) is 5.56 Å². The van der Waals surface area contributed by atoms with Crippen LogP contribution in [0.4, 0.5) is 5.69 Å². The third-order valence-corrected chi connectivity index (χ3v) is 6.10. The minimum Gasteiger partial charge on any atom is -0.493 e. The molecular weight excluding hydrogens is 476 g/mol. The smallest absolute Gasteiger partial charge is 0.266 e. The van der Waals surface area contributed by atoms with Gasteiger partial charge in [0.1, 0.15) is 10.9 Å². The van der Waals surface area contributed by atoms with Gasteiger partial charge in [-0.3, -0.25) is 14.5 Å². The molecule has 9 heteroatoms. The second-order valence-corrected chi connectivity index (χ2v) is 8.44. The van der Waals surface area contributed by atoms with Crippen LogP contribution in [-0.2, 0) is 9.59 Å². The summed E-state index contributed by atoms with van der Waals surface area (Å²) in [4.78, 5) is 26.9. The molecule has 1 saturated heterocycles. The minimum atomic E-state index is -0.333. The number of carbonyl (C=O) groups excluding carboxylic acids is 2. The molecular formula is C20H17BrN2O4S2. The zero-order chi connectivity index (χ0) is 21.0. The van der Waals surface area contributed by atoms with E-state index >= 15 is 0 Å². The molecule has 1 heterocycles. The Bertz CT molecular complexity index is 1010. The van der Waals surface area contributed by atoms with E-state index in [2.05, 4.69) is 21.2 Å². The predicted molar refractivity (Wildman–Crippen MR) is 122 cm³/mol. The van der Waals surface area contributed by atoms with Crippen molar-refractivity contribution in [3.05, 3.63) is 57.4 Å². The van der Waals surface area contributed by atoms with Gasteiger partial charge in [0.25, 0.3) is 5.91 Å². The van der Waals surface area contributed by atoms with Crippen LogP contribution in [0.5, 0.6) is 11.5 Å². The number of anilines is 1. The van der Waals surface area contributed by atoms with E-state index in [1.807, 2.05) is 24.3 Å². The van der Waals surface area contributed by atoms with Crippen molar-refractivity contribution in [2.45, 2.75) is 0 Å². The van der Waals surface area contributed by atoms with E-state index in [1.165, 1.54) is 4.90 Å². The molecule has 2 amide bonds. The number of halogens is 1. The molecule has 0 radical (unpaired) electrons. The first-order chi connectivity index (χ1) is 13.9. The first kappa shape index (κ1) is 21.4. The number of thioether (sulfide) groups is 1. The number of thiocarbonyl (C=S) groups is 1. The van der Waals surface area contributed by atoms with Crippen LogP contribution < -0.4 is 14.8 Å². The summed E-state index contributed by atoms with van der Waals surface area (Å²) in [7, 11) is 3.10. The normalized spacial score (nSPS) is 15.0. The Balaban J connectivity index is 1.73. The molecule has 29 heavy (non-hydrogen) atoms. The molecule has 0 bridgehead atoms. The molecule has 0 aliphatic carbocycles. The van der Waals surface area contributed by atoms with Gasteiger partial charge in [0.05, 0.1) is 24.8 Å². The highest BCUT2D eigenvalue weighted by Gasteiger charge is 2.33. The molecule has 1 aliphatic heterocycles. The van der Waals surface area contributed by atoms with Gasteiger partial charge in [0, 0.05) is 4.47 Å². The number of carbonyl (C=O) groups is 2. The van der Waals surface area contributed by atoms with Crippen molar-refractivity contribution < 1.29 is 19.1 Å². The number of nitrogens with one attached hydrogen (secondary N) is 1. The summed E-state index contributed by atoms with van der Waals surface area (Å²) >= 11 is 9.84. The average molecular weight is 493 g/mol. The Morgan fingerprint density at radius 2 is 1.93 bits per heavy atom. The Morgan fingerprint density at radius 3 is 2.62 bits per heavy atom. The molecule has 2 aromatic rings. The predicted octanol–water partition coefficient (Wildman–Crippen LogP) is 4.31. The third kappa shape index (κ3) is 4.98. The van der Waals surface area contributed by atoms with Crippen molar-refractivity contribution in [3.8, 4) is 11.5 Å². The number of amides is 2. The third-order valence-electron chi connectivity index (χ3n) is 4.03. The topological polar surface area (TPSA) is 67.9 Å². The summed E-state index contributed by atoms with van der Waals surface area (Å²) < 4.78 is 11.6. The van der Waals surface area contributed by atoms with Gasteiger partial charge in [-0.25, -0.2) is 0 Å². The van der Waals surface area contributed by atoms with Gasteiger partial charge in [-0.05, 0) is 51.8 Å². The molecule has 6 nitrogen and oxygen atoms in total. The highest BCUT2D eigenvalue weighted by atomic mass is 79.9. The Kier molecular flexibility index (Phi) is 6.94. The van der Waals surface area contributed by atoms with Crippen LogP contribution in [-0.4, -0.2) is 41.8 Å². The lowest BCUT2D eigenvalue weighted by molar-refractivity contribution is -0.126. The Morgan fingerprint density at radius 1 is 1.21 bits per heavy atom. The van der Waals surface area contributed by atoms with Crippen LogP contribution >= 0.6 is 39.9 Å². The summed E-state index contributed by atoms with van der Waals surface area (Å²) in [6, 6.07) is 12.6. The van der Waals surface area contributed by atoms with Gasteiger partial charge in [0.2, 0.25) is 5.91 Å². The van der Waals surface area contributed by atoms with E-state index in [0.717, 1.165) is 21.8 Å². The quantitative estimate of drug-likeness (QED) is 0.478. The molecule has 0 spiro atoms. The van der Waals surface area contributed by atoms with Gasteiger partial charge < -0.3 is 14.8 Å². The average Bonchev–Trinajstić information content (AvgIpc) is 2.97. The van der Waals surface area contributed by atoms with Crippen molar-refractivity contribution in [3.63, 3.8) is 0 Å². The standard InChI is InChI=1S/C20H17BrN2O4S2/c1-26-15-8-7-12(9-16(15)27-2)10-17-19(25)23(20(28)29-17)11-18(24)22-14-6-4-3-5-13(14)21/h3-10H,11H2,1-2H3,(H,22,24)/b17-10-. The van der Waals surface area contributed by atoms with Gasteiger partial charge in [0.15, 0.2) is 11.5 Å². The lowest BCUT2D eigenvalue weighted by atomic mass is 10.2. The molecule has 1 fully saturated rings. The van der Waals surface area contributed by atoms with Crippen molar-refractivity contribution in [1.29, 1.82) is 0 Å². The Hall–Kier alpha value is -2.36. The molecule has 1 aliphatic rings. The number of ether oxygens (including phenoxy) is 2. The zero-order valence-electron chi connectivity index (χ0n) is 15.6. The van der Waals surface area contributed by atoms with Crippen LogP contribution in [0.25, 0.3) is 6.08 Å². The molecule has 3 rings (SSSR count). The number of para-hydroxylation sites is 1. The van der Waals surface area contributed by atoms with E-state index in [1.54, 1.807) is 38.5 Å². The number of rotatable bonds is 6. The molecule has 1 N–H and O–H groups in total. The van der Waals surface area contributed by atoms with Gasteiger partial charge in [-0.1, -0.05) is 42.2 Å². The number of hydrogen-bond acceptors (Lipinski definition) is 6. The lowest BCUT2D eigenvalue weighted by Gasteiger charge is -2.14. The number of methoxy groups -OCH3 is 2. The largest absolute Gasteiger partial charge is 0.493 e. The van der Waals surface area contributed by atoms with E-state index in [0.29, 0.717) is 26.4 Å². The molecule has 0 aromatic heterocycles. The van der Waals surface area contributed by atoms with Gasteiger partial charge in [-0.2, -0.15) is 0 Å². The van der Waals surface area contributed by atoms with E-state index < -0.39 is 0 Å². The summed E-state index contributed by atoms with van der Waals surface area (Å²) in [6.45, 7) is -0.157. The van der Waals surface area contributed by atoms with E-state index in [4.69, 9.17) is 21.7 Å². The highest BCUT2D eigenvalue weighted by Crippen LogP contribution is 2.34. The summed E-state index contributed by atoms with van der Waals surface area (Å²) in [5, 5.41) is 2.77. The Labute approximate surface area is 186 Å². The number of nitrogens with zero attached hydrogens (tertiary/aromatic N) is 1. The van der Waals surface area contributed by atoms with Crippen molar-refractivity contribution >= 4 is 67.8 Å². The first-order valence-corrected chi connectivity index (χ1v) is 10.5. The monoisotopic (exact) mass is 492 g/mol. The number of hydrogen-bond donors (Lipinski definition) is 1. The minimum absolute atomic E-state index is 0.157. The maximum atomic E-state index is 12.8. The molecule has 0 atom stereocenters. The van der Waals surface area contributed by atoms with Crippen LogP contribution in [0, 0.1) is 0 Å². The highest BCUT2D eigenvalue weighted by molar-refractivity contribution is 9.10. The molecule has 0 saturated carbocycles. The second kappa shape index (κ2) is 9.43. The molecule has 2 aromatic carbocycles. The SMILES string of the molecule is COc1ccc(/C=C2\SC(=S)N(CC(=O)Nc3ccccc3Br)C2=O)cc1OC. The molecule has 150 valence electrons.